The summed E-state index contributed by atoms with van der Waals surface area (Å²) in [6, 6.07) is 67.5. The first kappa shape index (κ1) is 44.2. The molecule has 334 valence electrons. The van der Waals surface area contributed by atoms with Crippen LogP contribution in [0.5, 0.6) is 0 Å². The van der Waals surface area contributed by atoms with Gasteiger partial charge in [0.05, 0.1) is 71.3 Å². The van der Waals surface area contributed by atoms with Crippen molar-refractivity contribution in [3.63, 3.8) is 0 Å². The molecule has 11 rings (SSSR count). The Hall–Kier alpha value is -11.3. The maximum Gasteiger partial charge on any atom is 0.187 e. The Bertz CT molecular complexity index is 4010. The molecule has 0 unspecified atom stereocenters. The summed E-state index contributed by atoms with van der Waals surface area (Å²) in [4.78, 5) is 26.5. The zero-order valence-electron chi connectivity index (χ0n) is 38.4. The van der Waals surface area contributed by atoms with E-state index in [1.807, 2.05) is 133 Å². The van der Waals surface area contributed by atoms with Crippen molar-refractivity contribution in [2.45, 2.75) is 0 Å². The zero-order chi connectivity index (χ0) is 50.0. The molecule has 10 nitrogen and oxygen atoms in total. The van der Waals surface area contributed by atoms with Gasteiger partial charge in [0.1, 0.15) is 0 Å². The summed E-state index contributed by atoms with van der Waals surface area (Å²) < 4.78 is 2.15. The molecule has 0 atom stereocenters. The van der Waals surface area contributed by atoms with E-state index < -0.39 is 0 Å². The number of nitriles is 3. The Balaban J connectivity index is 1.31. The number of hydrogen-bond donors (Lipinski definition) is 0. The molecule has 2 aromatic heterocycles. The maximum atomic E-state index is 10.4. The average Bonchev–Trinajstić information content (AvgIpc) is 3.79. The van der Waals surface area contributed by atoms with Crippen LogP contribution in [-0.4, -0.2) is 19.5 Å². The van der Waals surface area contributed by atoms with E-state index in [1.54, 1.807) is 48.5 Å². The maximum absolute atomic E-state index is 10.4. The van der Waals surface area contributed by atoms with Crippen molar-refractivity contribution in [2.24, 2.45) is 0 Å². The van der Waals surface area contributed by atoms with Crippen molar-refractivity contribution in [1.82, 2.24) is 19.5 Å². The second-order valence-electron chi connectivity index (χ2n) is 17.1. The van der Waals surface area contributed by atoms with Gasteiger partial charge in [0.15, 0.2) is 34.5 Å². The highest BCUT2D eigenvalue weighted by Gasteiger charge is 2.25. The van der Waals surface area contributed by atoms with Gasteiger partial charge in [-0.2, -0.15) is 15.8 Å². The lowest BCUT2D eigenvalue weighted by Gasteiger charge is -2.22. The zero-order valence-corrected chi connectivity index (χ0v) is 38.4. The third-order valence-corrected chi connectivity index (χ3v) is 12.7. The number of nitrogens with zero attached hydrogens (tertiary/aromatic N) is 10. The molecule has 0 bridgehead atoms. The van der Waals surface area contributed by atoms with Crippen LogP contribution in [0.4, 0.5) is 17.1 Å². The molecule has 0 amide bonds. The van der Waals surface area contributed by atoms with Crippen LogP contribution in [0.1, 0.15) is 16.7 Å². The van der Waals surface area contributed by atoms with Crippen LogP contribution < -0.4 is 0 Å². The second kappa shape index (κ2) is 18.7. The minimum absolute atomic E-state index is 0.260. The SMILES string of the molecule is [C-]#[N+]c1cccc(-c2ccc3c(c2)c2cc(-c4cccc(C#N)c4)ccc2n3-c2c(-c3cc(C#N)cc(C#N)c3)cc(-c3nc(-c4ccccc4)nc(-c4ccccc4)n3)cc2-c2cc([N+]#[C-])cc([N+]#[C-])c2)c1. The molecule has 73 heavy (non-hydrogen) atoms. The molecule has 10 heteroatoms. The van der Waals surface area contributed by atoms with Gasteiger partial charge in [0, 0.05) is 38.6 Å². The summed E-state index contributed by atoms with van der Waals surface area (Å²) in [6.07, 6.45) is 0. The van der Waals surface area contributed by atoms with E-state index in [0.717, 1.165) is 55.2 Å². The van der Waals surface area contributed by atoms with Gasteiger partial charge in [0.2, 0.25) is 0 Å². The van der Waals surface area contributed by atoms with E-state index >= 15 is 0 Å². The van der Waals surface area contributed by atoms with Crippen LogP contribution in [0.3, 0.4) is 0 Å². The summed E-state index contributed by atoms with van der Waals surface area (Å²) in [5.41, 5.74) is 12.2. The molecule has 0 fully saturated rings. The lowest BCUT2D eigenvalue weighted by molar-refractivity contribution is 1.07. The molecule has 2 heterocycles. The van der Waals surface area contributed by atoms with Crippen LogP contribution in [0, 0.1) is 53.7 Å². The van der Waals surface area contributed by atoms with E-state index in [-0.39, 0.29) is 22.5 Å². The number of hydrogen-bond acceptors (Lipinski definition) is 6. The van der Waals surface area contributed by atoms with Crippen LogP contribution in [0.2, 0.25) is 0 Å². The summed E-state index contributed by atoms with van der Waals surface area (Å²) in [6.45, 7) is 24.1. The van der Waals surface area contributed by atoms with Crippen molar-refractivity contribution < 1.29 is 0 Å². The smallest absolute Gasteiger partial charge is 0.187 e. The fourth-order valence-corrected chi connectivity index (χ4v) is 9.32. The molecular weight excluding hydrogens is 897 g/mol. The molecule has 9 aromatic carbocycles. The fourth-order valence-electron chi connectivity index (χ4n) is 9.32. The fraction of sp³-hybridized carbons (Fsp3) is 0. The van der Waals surface area contributed by atoms with Crippen molar-refractivity contribution in [3.05, 3.63) is 245 Å². The van der Waals surface area contributed by atoms with Crippen molar-refractivity contribution in [1.29, 1.82) is 15.8 Å². The van der Waals surface area contributed by atoms with E-state index in [1.165, 1.54) is 0 Å². The molecule has 0 aliphatic heterocycles. The molecule has 0 saturated heterocycles. The Morgan fingerprint density at radius 2 is 0.767 bits per heavy atom. The molecule has 0 aliphatic rings. The summed E-state index contributed by atoms with van der Waals surface area (Å²) in [5.74, 6) is 1.22. The molecular formula is C63H32N10. The van der Waals surface area contributed by atoms with Gasteiger partial charge in [-0.3, -0.25) is 0 Å². The predicted molar refractivity (Wildman–Crippen MR) is 285 cm³/mol. The first-order valence-corrected chi connectivity index (χ1v) is 22.8. The minimum Gasteiger partial charge on any atom is -0.308 e. The van der Waals surface area contributed by atoms with E-state index in [4.69, 9.17) is 34.7 Å². The summed E-state index contributed by atoms with van der Waals surface area (Å²) in [7, 11) is 0. The predicted octanol–water partition coefficient (Wildman–Crippen LogP) is 15.9. The van der Waals surface area contributed by atoms with E-state index in [0.29, 0.717) is 62.2 Å². The van der Waals surface area contributed by atoms with Crippen LogP contribution in [0.15, 0.2) is 194 Å². The average molecular weight is 929 g/mol. The van der Waals surface area contributed by atoms with Gasteiger partial charge < -0.3 is 4.57 Å². The van der Waals surface area contributed by atoms with Crippen LogP contribution in [-0.2, 0) is 0 Å². The third kappa shape index (κ3) is 8.31. The van der Waals surface area contributed by atoms with Gasteiger partial charge in [-0.1, -0.05) is 121 Å². The first-order valence-electron chi connectivity index (χ1n) is 22.8. The van der Waals surface area contributed by atoms with Crippen molar-refractivity contribution in [2.75, 3.05) is 0 Å². The Morgan fingerprint density at radius 3 is 1.27 bits per heavy atom. The number of fused-ring (bicyclic) bond motifs is 3. The lowest BCUT2D eigenvalue weighted by Crippen LogP contribution is -2.04. The highest BCUT2D eigenvalue weighted by Crippen LogP contribution is 2.47. The quantitative estimate of drug-likeness (QED) is 0.140. The first-order chi connectivity index (χ1) is 35.8. The molecule has 0 saturated carbocycles. The largest absolute Gasteiger partial charge is 0.308 e. The third-order valence-electron chi connectivity index (χ3n) is 12.7. The minimum atomic E-state index is 0.260. The lowest BCUT2D eigenvalue weighted by atomic mass is 9.90. The Labute approximate surface area is 420 Å². The highest BCUT2D eigenvalue weighted by molar-refractivity contribution is 6.13. The Morgan fingerprint density at radius 1 is 0.342 bits per heavy atom. The summed E-state index contributed by atoms with van der Waals surface area (Å²) in [5, 5.41) is 32.5. The number of benzene rings is 9. The van der Waals surface area contributed by atoms with Gasteiger partial charge in [-0.15, -0.1) is 0 Å². The normalized spacial score (nSPS) is 10.7. The molecule has 11 aromatic rings. The summed E-state index contributed by atoms with van der Waals surface area (Å²) >= 11 is 0. The van der Waals surface area contributed by atoms with Gasteiger partial charge in [-0.05, 0) is 106 Å². The monoisotopic (exact) mass is 928 g/mol. The molecule has 0 N–H and O–H groups in total. The second-order valence-corrected chi connectivity index (χ2v) is 17.1. The molecule has 0 spiro atoms. The van der Waals surface area contributed by atoms with E-state index in [9.17, 15) is 15.8 Å². The van der Waals surface area contributed by atoms with Crippen molar-refractivity contribution in [3.8, 4) is 103 Å². The van der Waals surface area contributed by atoms with Crippen LogP contribution >= 0.6 is 0 Å². The van der Waals surface area contributed by atoms with Gasteiger partial charge >= 0.3 is 0 Å². The molecule has 0 radical (unpaired) electrons. The van der Waals surface area contributed by atoms with Gasteiger partial charge in [0.25, 0.3) is 0 Å². The van der Waals surface area contributed by atoms with Gasteiger partial charge in [-0.25, -0.2) is 29.5 Å². The molecule has 0 aliphatic carbocycles. The highest BCUT2D eigenvalue weighted by atomic mass is 15.0. The van der Waals surface area contributed by atoms with Crippen molar-refractivity contribution >= 4 is 38.9 Å². The van der Waals surface area contributed by atoms with Crippen LogP contribution in [0.25, 0.3) is 121 Å². The standard InChI is InChI=1S/C63H32N10/c1-67-51-19-11-18-45(28-51)47-21-23-59-57(32-47)56-31-46(44-17-10-12-39(25-44)36-64)20-22-58(56)73(59)60-54(48-26-40(37-65)24-41(27-48)38-66)33-50(34-55(60)49-29-52(68-2)35-53(30-49)69-3)63-71-61(42-13-6-4-7-14-42)70-62(72-63)43-15-8-5-9-16-43/h4-35H. The topological polar surface area (TPSA) is 128 Å². The number of rotatable bonds is 8. The number of aromatic nitrogens is 4. The van der Waals surface area contributed by atoms with E-state index in [2.05, 4.69) is 49.4 Å². The Kier molecular flexibility index (Phi) is 11.3.